The summed E-state index contributed by atoms with van der Waals surface area (Å²) in [5, 5.41) is 0. The summed E-state index contributed by atoms with van der Waals surface area (Å²) in [4.78, 5) is 182. The molecule has 20 unspecified atom stereocenters. The number of rotatable bonds is 24. The van der Waals surface area contributed by atoms with Crippen LogP contribution in [0.5, 0.6) is 0 Å². The van der Waals surface area contributed by atoms with Crippen molar-refractivity contribution in [1.82, 2.24) is 0 Å². The third-order valence-corrected chi connectivity index (χ3v) is 25.2. The van der Waals surface area contributed by atoms with E-state index in [2.05, 4.69) is 9.47 Å². The summed E-state index contributed by atoms with van der Waals surface area (Å²) in [7, 11) is 0. The van der Waals surface area contributed by atoms with Crippen molar-refractivity contribution >= 4 is 95.5 Å². The highest BCUT2D eigenvalue weighted by Crippen LogP contribution is 2.57. The van der Waals surface area contributed by atoms with Gasteiger partial charge in [0.15, 0.2) is 0 Å². The molecule has 8 saturated heterocycles. The number of ether oxygens (including phenoxy) is 16. The fraction of sp³-hybridized carbons (Fsp3) is 0.846. The van der Waals surface area contributed by atoms with Crippen molar-refractivity contribution in [3.05, 3.63) is 0 Å². The first-order valence-corrected chi connectivity index (χ1v) is 42.9. The molecule has 808 valence electrons. The van der Waals surface area contributed by atoms with Crippen molar-refractivity contribution < 1.29 is 153 Å². The summed E-state index contributed by atoms with van der Waals surface area (Å²) in [6.07, 6.45) is 6.47. The Kier molecular flexibility index (Phi) is 74.5. The second kappa shape index (κ2) is 66.2. The van der Waals surface area contributed by atoms with Crippen molar-refractivity contribution in [3.8, 4) is 0 Å². The fourth-order valence-corrected chi connectivity index (χ4v) is 13.6. The maximum Gasteiger partial charge on any atom is 0.348 e. The summed E-state index contributed by atoms with van der Waals surface area (Å²) in [6, 6.07) is 0. The zero-order valence-corrected chi connectivity index (χ0v) is 75.2. The average Bonchev–Trinajstić information content (AvgIpc) is 1.58. The van der Waals surface area contributed by atoms with E-state index in [1.165, 1.54) is 0 Å². The van der Waals surface area contributed by atoms with Crippen LogP contribution in [-0.4, -0.2) is 196 Å². The molecule has 8 aliphatic heterocycles. The van der Waals surface area contributed by atoms with E-state index < -0.39 is 80.8 Å². The second-order valence-electron chi connectivity index (χ2n) is 37.1. The molecule has 12 fully saturated rings. The van der Waals surface area contributed by atoms with Gasteiger partial charge in [-0.15, -0.1) is 0 Å². The lowest BCUT2D eigenvalue weighted by molar-refractivity contribution is -0.170. The minimum absolute atomic E-state index is 0. The number of esters is 16. The van der Waals surface area contributed by atoms with E-state index in [1.807, 2.05) is 125 Å². The summed E-state index contributed by atoms with van der Waals surface area (Å²) < 4.78 is 81.1. The van der Waals surface area contributed by atoms with E-state index in [9.17, 15) is 76.7 Å². The number of hydrogen-bond donors (Lipinski definition) is 0. The van der Waals surface area contributed by atoms with Gasteiger partial charge < -0.3 is 75.8 Å². The van der Waals surface area contributed by atoms with Gasteiger partial charge in [0.05, 0.1) is 89.3 Å². The molecule has 8 heterocycles. The van der Waals surface area contributed by atoms with Gasteiger partial charge in [0.2, 0.25) is 24.4 Å². The van der Waals surface area contributed by atoms with Crippen LogP contribution in [0.3, 0.4) is 0 Å². The molecular formula is C104H200O32. The third-order valence-electron chi connectivity index (χ3n) is 25.2. The van der Waals surface area contributed by atoms with Gasteiger partial charge in [-0.1, -0.05) is 216 Å². The normalized spacial score (nSPS) is 25.7. The molecule has 32 nitrogen and oxygen atoms in total. The van der Waals surface area contributed by atoms with E-state index in [1.54, 1.807) is 41.5 Å². The molecule has 4 aliphatic carbocycles. The maximum absolute atomic E-state index is 12.1. The summed E-state index contributed by atoms with van der Waals surface area (Å²) in [6.45, 7) is 46.5. The van der Waals surface area contributed by atoms with Crippen LogP contribution < -0.4 is 0 Å². The van der Waals surface area contributed by atoms with Crippen LogP contribution in [0.15, 0.2) is 0 Å². The van der Waals surface area contributed by atoms with Crippen LogP contribution in [0.4, 0.5) is 0 Å². The Balaban J connectivity index is -0.000000127. The maximum atomic E-state index is 12.1. The smallest absolute Gasteiger partial charge is 0.348 e. The Morgan fingerprint density at radius 3 is 0.978 bits per heavy atom. The molecule has 0 spiro atoms. The van der Waals surface area contributed by atoms with Gasteiger partial charge in [-0.2, -0.15) is 0 Å². The van der Waals surface area contributed by atoms with Gasteiger partial charge in [-0.3, -0.25) is 57.5 Å². The molecule has 12 rings (SSSR count). The van der Waals surface area contributed by atoms with E-state index in [-0.39, 0.29) is 289 Å². The van der Waals surface area contributed by atoms with Crippen molar-refractivity contribution in [1.29, 1.82) is 0 Å². The molecule has 136 heavy (non-hydrogen) atoms. The summed E-state index contributed by atoms with van der Waals surface area (Å²) in [5.74, 6) is -3.52. The second-order valence-corrected chi connectivity index (χ2v) is 37.1. The quantitative estimate of drug-likeness (QED) is 0.0639. The topological polar surface area (TPSA) is 421 Å². The zero-order valence-electron chi connectivity index (χ0n) is 75.2. The fourth-order valence-electron chi connectivity index (χ4n) is 13.6. The van der Waals surface area contributed by atoms with E-state index in [0.29, 0.717) is 88.6 Å². The number of carbonyl (C=O) groups is 16. The molecule has 12 aliphatic rings. The highest BCUT2D eigenvalue weighted by molar-refractivity contribution is 5.86. The average molecular weight is 1960 g/mol. The molecule has 4 saturated carbocycles. The first kappa shape index (κ1) is 153. The summed E-state index contributed by atoms with van der Waals surface area (Å²) >= 11 is 0. The monoisotopic (exact) mass is 1960 g/mol. The van der Waals surface area contributed by atoms with Crippen LogP contribution in [0.2, 0.25) is 0 Å². The van der Waals surface area contributed by atoms with Crippen LogP contribution >= 0.6 is 0 Å². The van der Waals surface area contributed by atoms with Crippen LogP contribution in [-0.2, 0) is 153 Å². The zero-order chi connectivity index (χ0) is 90.7. The predicted octanol–water partition coefficient (Wildman–Crippen LogP) is 21.4. The van der Waals surface area contributed by atoms with Gasteiger partial charge in [0.25, 0.3) is 0 Å². The van der Waals surface area contributed by atoms with Crippen molar-refractivity contribution in [2.45, 2.75) is 449 Å². The van der Waals surface area contributed by atoms with Gasteiger partial charge >= 0.3 is 95.5 Å². The molecule has 0 aromatic rings. The first-order chi connectivity index (χ1) is 55.8. The molecule has 0 N–H and O–H groups in total. The summed E-state index contributed by atoms with van der Waals surface area (Å²) in [5.41, 5.74) is -2.99. The largest absolute Gasteiger partial charge is 0.463 e. The highest BCUT2D eigenvalue weighted by atomic mass is 16.7. The van der Waals surface area contributed by atoms with Crippen molar-refractivity contribution in [2.24, 2.45) is 91.7 Å². The standard InChI is InChI=1S/C14H20O4.C13H18O4.C12H20O4.C11H18O4.2C10H16O4.2C9H14O4.16CH4/c1-4-14(2,3)13(16)18-10-7-5-8-9(6-7)12(15)17-11(8)10;1-3-6(2)12(14)16-10-7-4-8-9(5-7)13(15)17-11(8)10;1-6-11(2,3)10(14)16-8-9(13)15-7-12(8,4)5;1-5-11(3,4)10(13)15-8-7(2)6-14-9(8)12;1-4-10(2,3)9(12)14-7-5-8(11)13-6-7;1-4-10(2,3)9(12)14-7-5-6-13-8(7)11;1-3-6(2)9(11)13-7-4-8(10)12-5-7;1-3-6(2)8(10)13-7-4-5-12-9(7)11;;;;;;;;;;;;;;;;/h7-11H,4-6H2,1-3H3;6-11H,3-5H2,1-2H3;8H,6-7H2,1-5H3;7-8H,5-6H2,1-4H3;2*7H,4-6H2,1-3H3;2*6-7H,3-5H2,1-2H3;16*1H4. The molecule has 0 amide bonds. The van der Waals surface area contributed by atoms with Gasteiger partial charge in [-0.25, -0.2) is 19.2 Å². The molecule has 4 bridgehead atoms. The Morgan fingerprint density at radius 1 is 0.353 bits per heavy atom. The van der Waals surface area contributed by atoms with Crippen LogP contribution in [0.1, 0.15) is 388 Å². The third kappa shape index (κ3) is 41.1. The lowest BCUT2D eigenvalue weighted by Gasteiger charge is -2.29. The van der Waals surface area contributed by atoms with Crippen LogP contribution in [0.25, 0.3) is 0 Å². The Hall–Kier alpha value is -8.48. The number of cyclic esters (lactones) is 6. The lowest BCUT2D eigenvalue weighted by atomic mass is 9.87. The molecule has 0 aromatic heterocycles. The number of fused-ring (bicyclic) bond motifs is 2. The highest BCUT2D eigenvalue weighted by Gasteiger charge is 2.65. The van der Waals surface area contributed by atoms with E-state index >= 15 is 0 Å². The molecule has 0 aromatic carbocycles. The minimum Gasteiger partial charge on any atom is -0.463 e. The van der Waals surface area contributed by atoms with E-state index in [0.717, 1.165) is 51.4 Å². The minimum atomic E-state index is -0.772. The number of hydrogen-bond acceptors (Lipinski definition) is 32. The van der Waals surface area contributed by atoms with Crippen molar-refractivity contribution in [2.75, 3.05) is 39.6 Å². The van der Waals surface area contributed by atoms with Crippen LogP contribution in [0, 0.1) is 91.7 Å². The molecule has 32 heteroatoms. The van der Waals surface area contributed by atoms with Gasteiger partial charge in [0, 0.05) is 47.8 Å². The Morgan fingerprint density at radius 2 is 0.669 bits per heavy atom. The number of carbonyl (C=O) groups excluding carboxylic acids is 16. The lowest BCUT2D eigenvalue weighted by Crippen LogP contribution is -2.39. The predicted molar refractivity (Wildman–Crippen MR) is 532 cm³/mol. The van der Waals surface area contributed by atoms with Crippen molar-refractivity contribution in [3.63, 3.8) is 0 Å². The SMILES string of the molecule is C.C.C.C.C.C.C.C.C.C.C.C.C.C.C.C.CCC(C)(C)C(=O)OC1C(=O)OCC1(C)C.CCC(C)(C)C(=O)OC1C(=O)OCC1C.CCC(C)(C)C(=O)OC1C2CC3C(=O)OC1C3C2.CCC(C)(C)C(=O)OC1CCOC1=O.CCC(C)(C)C(=O)OC1COC(=O)C1.CCC(C)C(=O)OC1C2CC3C(=O)OC1C3C2.CCC(C)C(=O)OC1CCOC1=O.CCC(C)C(=O)OC1COC(=O)C1. The Bertz CT molecular complexity index is 3630. The molecule has 20 atom stereocenters. The first-order valence-electron chi connectivity index (χ1n) is 42.9. The van der Waals surface area contributed by atoms with E-state index in [4.69, 9.17) is 66.3 Å². The van der Waals surface area contributed by atoms with Gasteiger partial charge in [-0.05, 0) is 146 Å². The Labute approximate surface area is 824 Å². The molecular weight excluding hydrogens is 1760 g/mol. The van der Waals surface area contributed by atoms with Gasteiger partial charge in [0.1, 0.15) is 56.4 Å². The molecule has 0 radical (unpaired) electrons.